The van der Waals surface area contributed by atoms with Gasteiger partial charge in [0.25, 0.3) is 0 Å². The largest absolute Gasteiger partial charge is 0.870 e. The molecule has 0 spiro atoms. The van der Waals surface area contributed by atoms with Crippen LogP contribution in [0.15, 0.2) is 115 Å². The van der Waals surface area contributed by atoms with Gasteiger partial charge in [-0.25, -0.2) is 0 Å². The predicted molar refractivity (Wildman–Crippen MR) is 139 cm³/mol. The summed E-state index contributed by atoms with van der Waals surface area (Å²) in [5.74, 6) is 0. The Labute approximate surface area is 194 Å². The van der Waals surface area contributed by atoms with Crippen LogP contribution in [-0.2, 0) is 0 Å². The van der Waals surface area contributed by atoms with Crippen molar-refractivity contribution in [2.24, 2.45) is 0 Å². The van der Waals surface area contributed by atoms with Crippen molar-refractivity contribution in [1.82, 2.24) is 0 Å². The fourth-order valence-corrected chi connectivity index (χ4v) is 4.79. The molecule has 0 amide bonds. The summed E-state index contributed by atoms with van der Waals surface area (Å²) in [6, 6.07) is 41.0. The zero-order valence-corrected chi connectivity index (χ0v) is 17.9. The summed E-state index contributed by atoms with van der Waals surface area (Å²) in [7, 11) is 6.16. The number of rotatable bonds is 2. The van der Waals surface area contributed by atoms with Crippen LogP contribution in [0.25, 0.3) is 54.6 Å². The average Bonchev–Trinajstić information content (AvgIpc) is 2.82. The summed E-state index contributed by atoms with van der Waals surface area (Å²) in [4.78, 5) is 0. The van der Waals surface area contributed by atoms with Crippen LogP contribution >= 0.6 is 0 Å². The van der Waals surface area contributed by atoms with E-state index in [1.165, 1.54) is 49.0 Å². The SMILES string of the molecule is [B+2]c1cccc(-c2c3ccccc3c(-c3ccc4ccccc4c3)c3ccccc23)c1.[OH-].[OH-]. The van der Waals surface area contributed by atoms with E-state index in [1.54, 1.807) is 0 Å². The van der Waals surface area contributed by atoms with E-state index >= 15 is 0 Å². The fourth-order valence-electron chi connectivity index (χ4n) is 4.79. The maximum Gasteiger partial charge on any atom is -0.870 e. The van der Waals surface area contributed by atoms with Crippen LogP contribution in [0.2, 0.25) is 0 Å². The van der Waals surface area contributed by atoms with Gasteiger partial charge in [-0.1, -0.05) is 6.07 Å². The first-order valence-corrected chi connectivity index (χ1v) is 10.6. The Kier molecular flexibility index (Phi) is 6.02. The second-order valence-corrected chi connectivity index (χ2v) is 8.03. The maximum absolute atomic E-state index is 6.16. The molecule has 0 bridgehead atoms. The average molecular weight is 424 g/mol. The molecular weight excluding hydrogens is 403 g/mol. The Hall–Kier alpha value is -3.92. The van der Waals surface area contributed by atoms with Gasteiger partial charge in [0, 0.05) is 0 Å². The molecule has 6 aromatic rings. The molecule has 0 radical (unpaired) electrons. The van der Waals surface area contributed by atoms with Crippen molar-refractivity contribution in [2.75, 3.05) is 0 Å². The van der Waals surface area contributed by atoms with Crippen LogP contribution in [-0.4, -0.2) is 18.8 Å². The standard InChI is InChI=1S/C30H19B.2H2O/c31-24-11-7-10-22(19-24)29-25-12-3-5-14-27(25)30(28-15-6-4-13-26(28)29)23-17-16-20-8-1-2-9-21(20)18-23;;/h1-19H;2*1H2/q+2;;/p-2. The molecule has 156 valence electrons. The summed E-state index contributed by atoms with van der Waals surface area (Å²) in [6.07, 6.45) is 0. The third kappa shape index (κ3) is 3.68. The van der Waals surface area contributed by atoms with Crippen LogP contribution in [0.3, 0.4) is 0 Å². The second kappa shape index (κ2) is 8.91. The Bertz CT molecular complexity index is 1550. The van der Waals surface area contributed by atoms with Gasteiger partial charge in [0.05, 0.1) is 0 Å². The van der Waals surface area contributed by atoms with Gasteiger partial charge < -0.3 is 11.0 Å². The zero-order valence-electron chi connectivity index (χ0n) is 17.9. The van der Waals surface area contributed by atoms with Gasteiger partial charge in [-0.2, -0.15) is 0 Å². The zero-order chi connectivity index (χ0) is 20.8. The van der Waals surface area contributed by atoms with Gasteiger partial charge in [-0.15, -0.1) is 0 Å². The van der Waals surface area contributed by atoms with Gasteiger partial charge >= 0.3 is 177 Å². The Morgan fingerprint density at radius 3 is 1.42 bits per heavy atom. The first-order valence-electron chi connectivity index (χ1n) is 10.6. The molecule has 0 saturated carbocycles. The Morgan fingerprint density at radius 2 is 0.879 bits per heavy atom. The van der Waals surface area contributed by atoms with Crippen LogP contribution in [0, 0.1) is 0 Å². The molecule has 0 heterocycles. The summed E-state index contributed by atoms with van der Waals surface area (Å²) in [6.45, 7) is 0. The molecular formula is C30H21BO2. The van der Waals surface area contributed by atoms with Crippen molar-refractivity contribution in [2.45, 2.75) is 0 Å². The molecule has 0 atom stereocenters. The van der Waals surface area contributed by atoms with Gasteiger partial charge in [0.1, 0.15) is 0 Å². The summed E-state index contributed by atoms with van der Waals surface area (Å²) >= 11 is 0. The van der Waals surface area contributed by atoms with Crippen molar-refractivity contribution >= 4 is 45.6 Å². The van der Waals surface area contributed by atoms with Crippen molar-refractivity contribution in [1.29, 1.82) is 0 Å². The predicted octanol–water partition coefficient (Wildman–Crippen LogP) is 6.92. The number of benzene rings is 6. The van der Waals surface area contributed by atoms with E-state index in [0.717, 1.165) is 11.0 Å². The summed E-state index contributed by atoms with van der Waals surface area (Å²) in [5, 5.41) is 7.53. The quantitative estimate of drug-likeness (QED) is 0.224. The van der Waals surface area contributed by atoms with E-state index in [9.17, 15) is 0 Å². The number of hydrogen-bond acceptors (Lipinski definition) is 2. The van der Waals surface area contributed by atoms with Crippen LogP contribution in [0.4, 0.5) is 0 Å². The van der Waals surface area contributed by atoms with Crippen LogP contribution < -0.4 is 5.46 Å². The third-order valence-corrected chi connectivity index (χ3v) is 6.14. The minimum atomic E-state index is 0. The van der Waals surface area contributed by atoms with Crippen LogP contribution in [0.1, 0.15) is 0 Å². The molecule has 0 aromatic heterocycles. The molecule has 2 N–H and O–H groups in total. The van der Waals surface area contributed by atoms with Gasteiger partial charge in [-0.05, 0) is 0 Å². The first-order chi connectivity index (χ1) is 15.3. The van der Waals surface area contributed by atoms with E-state index in [4.69, 9.17) is 7.85 Å². The van der Waals surface area contributed by atoms with E-state index in [0.29, 0.717) is 0 Å². The summed E-state index contributed by atoms with van der Waals surface area (Å²) in [5.41, 5.74) is 5.69. The molecule has 0 fully saturated rings. The number of hydrogen-bond donors (Lipinski definition) is 0. The molecule has 2 nitrogen and oxygen atoms in total. The topological polar surface area (TPSA) is 60.0 Å². The molecule has 6 rings (SSSR count). The number of fused-ring (bicyclic) bond motifs is 3. The second-order valence-electron chi connectivity index (χ2n) is 8.03. The Morgan fingerprint density at radius 1 is 0.394 bits per heavy atom. The van der Waals surface area contributed by atoms with E-state index in [1.807, 2.05) is 12.1 Å². The third-order valence-electron chi connectivity index (χ3n) is 6.14. The molecule has 0 unspecified atom stereocenters. The van der Waals surface area contributed by atoms with Crippen molar-refractivity contribution in [3.8, 4) is 22.3 Å². The molecule has 6 aromatic carbocycles. The van der Waals surface area contributed by atoms with Crippen LogP contribution in [0.5, 0.6) is 0 Å². The molecule has 0 saturated heterocycles. The minimum absolute atomic E-state index is 0. The van der Waals surface area contributed by atoms with Crippen molar-refractivity contribution in [3.05, 3.63) is 115 Å². The minimum Gasteiger partial charge on any atom is -0.870 e. The maximum atomic E-state index is 6.16. The fraction of sp³-hybridized carbons (Fsp3) is 0. The molecule has 3 heteroatoms. The Balaban J connectivity index is 0.00000130. The molecule has 0 aliphatic carbocycles. The van der Waals surface area contributed by atoms with E-state index < -0.39 is 0 Å². The molecule has 33 heavy (non-hydrogen) atoms. The van der Waals surface area contributed by atoms with E-state index in [2.05, 4.69) is 103 Å². The van der Waals surface area contributed by atoms with Crippen molar-refractivity contribution in [3.63, 3.8) is 0 Å². The van der Waals surface area contributed by atoms with Gasteiger partial charge in [0.15, 0.2) is 0 Å². The smallest absolute Gasteiger partial charge is 0.870 e. The summed E-state index contributed by atoms with van der Waals surface area (Å²) < 4.78 is 0. The normalized spacial score (nSPS) is 10.7. The van der Waals surface area contributed by atoms with Gasteiger partial charge in [0.2, 0.25) is 0 Å². The first kappa shape index (κ1) is 22.3. The van der Waals surface area contributed by atoms with E-state index in [-0.39, 0.29) is 11.0 Å². The van der Waals surface area contributed by atoms with Crippen molar-refractivity contribution < 1.29 is 11.0 Å². The molecule has 0 aliphatic rings. The van der Waals surface area contributed by atoms with Gasteiger partial charge in [-0.3, -0.25) is 0 Å². The molecule has 0 aliphatic heterocycles. The monoisotopic (exact) mass is 424 g/mol.